The van der Waals surface area contributed by atoms with Crippen LogP contribution < -0.4 is 0 Å². The zero-order chi connectivity index (χ0) is 14.0. The summed E-state index contributed by atoms with van der Waals surface area (Å²) in [6.45, 7) is 1.72. The maximum atomic E-state index is 12.2. The van der Waals surface area contributed by atoms with E-state index in [9.17, 15) is 9.00 Å². The van der Waals surface area contributed by atoms with E-state index in [-0.39, 0.29) is 5.56 Å². The van der Waals surface area contributed by atoms with Gasteiger partial charge in [0.25, 0.3) is 0 Å². The van der Waals surface area contributed by atoms with E-state index in [4.69, 9.17) is 16.7 Å². The molecule has 6 heteroatoms. The van der Waals surface area contributed by atoms with E-state index in [2.05, 4.69) is 0 Å². The largest absolute Gasteiger partial charge is 0.478 e. The molecule has 0 fully saturated rings. The molecule has 1 unspecified atom stereocenters. The highest BCUT2D eigenvalue weighted by Crippen LogP contribution is 2.24. The fourth-order valence-corrected chi connectivity index (χ4v) is 4.05. The molecular formula is C13H11ClO3S2. The van der Waals surface area contributed by atoms with Crippen molar-refractivity contribution in [2.45, 2.75) is 17.6 Å². The number of hydrogen-bond donors (Lipinski definition) is 1. The second-order valence-electron chi connectivity index (χ2n) is 3.98. The van der Waals surface area contributed by atoms with Crippen LogP contribution >= 0.6 is 22.9 Å². The number of carbonyl (C=O) groups is 1. The minimum absolute atomic E-state index is 0.190. The first-order valence-corrected chi connectivity index (χ1v) is 7.95. The molecule has 1 heterocycles. The molecule has 1 aromatic carbocycles. The van der Waals surface area contributed by atoms with E-state index in [0.717, 1.165) is 4.88 Å². The van der Waals surface area contributed by atoms with Gasteiger partial charge in [-0.1, -0.05) is 17.7 Å². The Bertz CT molecular complexity index is 649. The van der Waals surface area contributed by atoms with Crippen LogP contribution in [-0.2, 0) is 16.6 Å². The number of rotatable bonds is 4. The molecule has 0 aliphatic carbocycles. The third-order valence-electron chi connectivity index (χ3n) is 2.60. The van der Waals surface area contributed by atoms with Gasteiger partial charge in [-0.15, -0.1) is 11.3 Å². The molecule has 19 heavy (non-hydrogen) atoms. The van der Waals surface area contributed by atoms with Crippen molar-refractivity contribution < 1.29 is 14.1 Å². The number of benzene rings is 1. The average molecular weight is 315 g/mol. The summed E-state index contributed by atoms with van der Waals surface area (Å²) in [5, 5.41) is 9.05. The Hall–Kier alpha value is -1.17. The van der Waals surface area contributed by atoms with E-state index < -0.39 is 16.8 Å². The summed E-state index contributed by atoms with van der Waals surface area (Å²) in [4.78, 5) is 12.5. The molecule has 100 valence electrons. The minimum Gasteiger partial charge on any atom is -0.478 e. The van der Waals surface area contributed by atoms with Gasteiger partial charge in [-0.25, -0.2) is 4.79 Å². The molecule has 2 aromatic rings. The van der Waals surface area contributed by atoms with Crippen molar-refractivity contribution in [2.75, 3.05) is 0 Å². The maximum absolute atomic E-state index is 12.2. The predicted octanol–water partition coefficient (Wildman–Crippen LogP) is 3.72. The number of halogens is 1. The van der Waals surface area contributed by atoms with E-state index in [0.29, 0.717) is 20.5 Å². The Morgan fingerprint density at radius 3 is 2.68 bits per heavy atom. The fraction of sp³-hybridized carbons (Fsp3) is 0.154. The van der Waals surface area contributed by atoms with Gasteiger partial charge < -0.3 is 5.11 Å². The molecule has 0 bridgehead atoms. The van der Waals surface area contributed by atoms with Gasteiger partial charge in [0.15, 0.2) is 0 Å². The number of thiophene rings is 1. The van der Waals surface area contributed by atoms with Gasteiger partial charge in [0.2, 0.25) is 0 Å². The molecule has 0 aliphatic heterocycles. The average Bonchev–Trinajstić information content (AvgIpc) is 2.74. The standard InChI is InChI=1S/C13H11ClO3S2/c1-8-2-4-10(6-11(8)13(15)16)19(17)7-9-3-5-12(14)18-9/h2-6H,7H2,1H3,(H,15,16). The Balaban J connectivity index is 2.24. The van der Waals surface area contributed by atoms with E-state index in [1.807, 2.05) is 6.07 Å². The second-order valence-corrected chi connectivity index (χ2v) is 7.23. The third-order valence-corrected chi connectivity index (χ3v) is 5.37. The number of aromatic carboxylic acids is 1. The summed E-state index contributed by atoms with van der Waals surface area (Å²) in [6, 6.07) is 8.45. The van der Waals surface area contributed by atoms with E-state index in [1.54, 1.807) is 25.1 Å². The zero-order valence-corrected chi connectivity index (χ0v) is 12.4. The minimum atomic E-state index is -1.27. The molecule has 0 amide bonds. The molecule has 0 saturated heterocycles. The summed E-state index contributed by atoms with van der Waals surface area (Å²) in [6.07, 6.45) is 0. The van der Waals surface area contributed by atoms with Crippen molar-refractivity contribution in [3.8, 4) is 0 Å². The van der Waals surface area contributed by atoms with Crippen molar-refractivity contribution in [1.29, 1.82) is 0 Å². The Morgan fingerprint density at radius 1 is 1.37 bits per heavy atom. The highest BCUT2D eigenvalue weighted by Gasteiger charge is 2.12. The van der Waals surface area contributed by atoms with Crippen molar-refractivity contribution >= 4 is 39.7 Å². The summed E-state index contributed by atoms with van der Waals surface area (Å²) < 4.78 is 12.8. The first-order valence-electron chi connectivity index (χ1n) is 5.44. The van der Waals surface area contributed by atoms with Crippen molar-refractivity contribution in [3.63, 3.8) is 0 Å². The normalized spacial score (nSPS) is 12.3. The lowest BCUT2D eigenvalue weighted by molar-refractivity contribution is 0.0696. The van der Waals surface area contributed by atoms with Gasteiger partial charge >= 0.3 is 5.97 Å². The lowest BCUT2D eigenvalue weighted by Crippen LogP contribution is -2.02. The first kappa shape index (κ1) is 14.2. The smallest absolute Gasteiger partial charge is 0.335 e. The van der Waals surface area contributed by atoms with Crippen molar-refractivity contribution in [2.24, 2.45) is 0 Å². The SMILES string of the molecule is Cc1ccc(S(=O)Cc2ccc(Cl)s2)cc1C(=O)O. The number of carboxylic acid groups (broad SMARTS) is 1. The molecular weight excluding hydrogens is 304 g/mol. The van der Waals surface area contributed by atoms with Gasteiger partial charge in [-0.3, -0.25) is 4.21 Å². The van der Waals surface area contributed by atoms with Crippen LogP contribution in [0, 0.1) is 6.92 Å². The van der Waals surface area contributed by atoms with Crippen LogP contribution in [0.2, 0.25) is 4.34 Å². The van der Waals surface area contributed by atoms with Crippen molar-refractivity contribution in [3.05, 3.63) is 50.7 Å². The molecule has 3 nitrogen and oxygen atoms in total. The number of aryl methyl sites for hydroxylation is 1. The summed E-state index contributed by atoms with van der Waals surface area (Å²) in [5.74, 6) is -0.657. The van der Waals surface area contributed by atoms with Crippen molar-refractivity contribution in [1.82, 2.24) is 0 Å². The maximum Gasteiger partial charge on any atom is 0.335 e. The quantitative estimate of drug-likeness (QED) is 0.935. The van der Waals surface area contributed by atoms with Gasteiger partial charge in [0.05, 0.1) is 26.5 Å². The summed E-state index contributed by atoms with van der Waals surface area (Å²) in [7, 11) is -1.27. The Kier molecular flexibility index (Phi) is 4.39. The highest BCUT2D eigenvalue weighted by atomic mass is 35.5. The third kappa shape index (κ3) is 3.43. The molecule has 2 rings (SSSR count). The zero-order valence-electron chi connectivity index (χ0n) is 10.1. The fourth-order valence-electron chi connectivity index (χ4n) is 1.61. The first-order chi connectivity index (χ1) is 8.97. The molecule has 1 atom stereocenters. The van der Waals surface area contributed by atoms with Crippen LogP contribution in [0.1, 0.15) is 20.8 Å². The summed E-state index contributed by atoms with van der Waals surface area (Å²) in [5.41, 5.74) is 0.850. The lowest BCUT2D eigenvalue weighted by Gasteiger charge is -2.05. The monoisotopic (exact) mass is 314 g/mol. The van der Waals surface area contributed by atoms with E-state index >= 15 is 0 Å². The second kappa shape index (κ2) is 5.86. The van der Waals surface area contributed by atoms with Crippen LogP contribution in [0.25, 0.3) is 0 Å². The number of hydrogen-bond acceptors (Lipinski definition) is 3. The molecule has 1 N–H and O–H groups in total. The molecule has 0 spiro atoms. The van der Waals surface area contributed by atoms with Crippen LogP contribution in [0.15, 0.2) is 35.2 Å². The topological polar surface area (TPSA) is 54.4 Å². The van der Waals surface area contributed by atoms with Crippen LogP contribution in [-0.4, -0.2) is 15.3 Å². The van der Waals surface area contributed by atoms with E-state index in [1.165, 1.54) is 17.4 Å². The predicted molar refractivity (Wildman–Crippen MR) is 77.6 cm³/mol. The molecule has 0 radical (unpaired) electrons. The van der Waals surface area contributed by atoms with Gasteiger partial charge in [-0.05, 0) is 36.8 Å². The molecule has 0 aliphatic rings. The molecule has 0 saturated carbocycles. The van der Waals surface area contributed by atoms with Gasteiger partial charge in [0, 0.05) is 9.77 Å². The molecule has 1 aromatic heterocycles. The highest BCUT2D eigenvalue weighted by molar-refractivity contribution is 7.84. The van der Waals surface area contributed by atoms with Gasteiger partial charge in [0.1, 0.15) is 0 Å². The lowest BCUT2D eigenvalue weighted by atomic mass is 10.1. The Morgan fingerprint density at radius 2 is 2.11 bits per heavy atom. The van der Waals surface area contributed by atoms with Crippen LogP contribution in [0.3, 0.4) is 0 Å². The van der Waals surface area contributed by atoms with Crippen LogP contribution in [0.4, 0.5) is 0 Å². The van der Waals surface area contributed by atoms with Crippen LogP contribution in [0.5, 0.6) is 0 Å². The summed E-state index contributed by atoms with van der Waals surface area (Å²) >= 11 is 7.20. The Labute approximate surface area is 122 Å². The number of carboxylic acids is 1. The van der Waals surface area contributed by atoms with Gasteiger partial charge in [-0.2, -0.15) is 0 Å².